The summed E-state index contributed by atoms with van der Waals surface area (Å²) in [5, 5.41) is 0. The summed E-state index contributed by atoms with van der Waals surface area (Å²) < 4.78 is 7.51. The highest BCUT2D eigenvalue weighted by atomic mass is 35.5. The van der Waals surface area contributed by atoms with Gasteiger partial charge in [0.1, 0.15) is 4.88 Å². The van der Waals surface area contributed by atoms with E-state index >= 15 is 0 Å². The monoisotopic (exact) mass is 484 g/mol. The zero-order valence-corrected chi connectivity index (χ0v) is 20.2. The van der Waals surface area contributed by atoms with Gasteiger partial charge in [-0.1, -0.05) is 36.7 Å². The highest BCUT2D eigenvalue weighted by Crippen LogP contribution is 2.28. The summed E-state index contributed by atoms with van der Waals surface area (Å²) in [5.41, 5.74) is 3.35. The van der Waals surface area contributed by atoms with Crippen LogP contribution in [0.1, 0.15) is 47.3 Å². The van der Waals surface area contributed by atoms with Gasteiger partial charge in [0.2, 0.25) is 0 Å². The first kappa shape index (κ1) is 24.3. The van der Waals surface area contributed by atoms with Crippen molar-refractivity contribution < 1.29 is 9.53 Å². The predicted molar refractivity (Wildman–Crippen MR) is 130 cm³/mol. The second-order valence-corrected chi connectivity index (χ2v) is 9.29. The molecular formula is C22H30Cl2N4O2S. The summed E-state index contributed by atoms with van der Waals surface area (Å²) in [6.07, 6.45) is 7.98. The highest BCUT2D eigenvalue weighted by molar-refractivity contribution is 7.18. The van der Waals surface area contributed by atoms with Crippen LogP contribution in [-0.2, 0) is 11.3 Å². The second-order valence-electron chi connectivity index (χ2n) is 8.28. The Hall–Kier alpha value is -1.38. The molecule has 0 N–H and O–H groups in total. The molecule has 2 aromatic heterocycles. The molecular weight excluding hydrogens is 455 g/mol. The van der Waals surface area contributed by atoms with E-state index in [9.17, 15) is 4.79 Å². The lowest BCUT2D eigenvalue weighted by atomic mass is 9.94. The molecule has 3 heterocycles. The van der Waals surface area contributed by atoms with E-state index in [4.69, 9.17) is 9.72 Å². The molecule has 2 aliphatic rings. The molecule has 6 nitrogen and oxygen atoms in total. The molecule has 170 valence electrons. The molecule has 1 aromatic carbocycles. The standard InChI is InChI=1S/C22H28N4O2S.2ClH/c1-24(17-5-3-2-4-6-17)21(27)20-15-26-19-8-7-16(13-18(19)23-22(26)29-20)14-25-9-11-28-12-10-25;;/h7-8,13,15,17H,2-6,9-12,14H2,1H3;2*1H. The Kier molecular flexibility index (Phi) is 8.21. The minimum atomic E-state index is 0. The van der Waals surface area contributed by atoms with Gasteiger partial charge in [0.05, 0.1) is 24.2 Å². The van der Waals surface area contributed by atoms with Crippen LogP contribution < -0.4 is 0 Å². The fraction of sp³-hybridized carbons (Fsp3) is 0.545. The van der Waals surface area contributed by atoms with Gasteiger partial charge in [-0.3, -0.25) is 14.1 Å². The number of morpholine rings is 1. The minimum absolute atomic E-state index is 0. The quantitative estimate of drug-likeness (QED) is 0.541. The Morgan fingerprint density at radius 1 is 1.19 bits per heavy atom. The van der Waals surface area contributed by atoms with Gasteiger partial charge >= 0.3 is 0 Å². The topological polar surface area (TPSA) is 50.1 Å². The van der Waals surface area contributed by atoms with E-state index in [1.54, 1.807) is 0 Å². The van der Waals surface area contributed by atoms with Gasteiger partial charge in [-0.15, -0.1) is 24.8 Å². The summed E-state index contributed by atoms with van der Waals surface area (Å²) in [7, 11) is 1.96. The normalized spacial score (nSPS) is 18.0. The second kappa shape index (κ2) is 10.5. The summed E-state index contributed by atoms with van der Waals surface area (Å²) in [4.78, 5) is 23.9. The van der Waals surface area contributed by atoms with E-state index in [-0.39, 0.29) is 30.7 Å². The van der Waals surface area contributed by atoms with Crippen LogP contribution in [0.5, 0.6) is 0 Å². The number of carbonyl (C=O) groups excluding carboxylic acids is 1. The number of hydrogen-bond acceptors (Lipinski definition) is 5. The molecule has 31 heavy (non-hydrogen) atoms. The number of imidazole rings is 1. The Bertz CT molecular complexity index is 1030. The van der Waals surface area contributed by atoms with Crippen molar-refractivity contribution in [3.8, 4) is 0 Å². The first-order chi connectivity index (χ1) is 14.2. The van der Waals surface area contributed by atoms with Crippen LogP contribution in [0.25, 0.3) is 16.0 Å². The number of hydrogen-bond donors (Lipinski definition) is 0. The summed E-state index contributed by atoms with van der Waals surface area (Å²) in [6, 6.07) is 6.88. The maximum atomic E-state index is 13.0. The third kappa shape index (κ3) is 5.01. The van der Waals surface area contributed by atoms with Crippen molar-refractivity contribution in [3.63, 3.8) is 0 Å². The molecule has 5 rings (SSSR count). The number of nitrogens with zero attached hydrogens (tertiary/aromatic N) is 4. The fourth-order valence-electron chi connectivity index (χ4n) is 4.58. The van der Waals surface area contributed by atoms with Gasteiger partial charge in [-0.2, -0.15) is 0 Å². The smallest absolute Gasteiger partial charge is 0.265 e. The molecule has 0 spiro atoms. The molecule has 9 heteroatoms. The van der Waals surface area contributed by atoms with Crippen molar-refractivity contribution in [1.29, 1.82) is 0 Å². The minimum Gasteiger partial charge on any atom is -0.379 e. The van der Waals surface area contributed by atoms with Crippen LogP contribution in [-0.4, -0.2) is 64.5 Å². The van der Waals surface area contributed by atoms with Gasteiger partial charge in [0.25, 0.3) is 5.91 Å². The molecule has 1 saturated heterocycles. The first-order valence-electron chi connectivity index (χ1n) is 10.7. The number of benzene rings is 1. The van der Waals surface area contributed by atoms with Gasteiger partial charge < -0.3 is 9.64 Å². The van der Waals surface area contributed by atoms with E-state index in [2.05, 4.69) is 27.5 Å². The molecule has 0 atom stereocenters. The van der Waals surface area contributed by atoms with E-state index in [0.717, 1.165) is 66.6 Å². The van der Waals surface area contributed by atoms with Crippen LogP contribution >= 0.6 is 36.2 Å². The third-order valence-electron chi connectivity index (χ3n) is 6.33. The lowest BCUT2D eigenvalue weighted by molar-refractivity contribution is 0.0342. The van der Waals surface area contributed by atoms with Crippen molar-refractivity contribution in [2.75, 3.05) is 33.4 Å². The summed E-state index contributed by atoms with van der Waals surface area (Å²) in [5.74, 6) is 0.129. The van der Waals surface area contributed by atoms with Crippen molar-refractivity contribution in [1.82, 2.24) is 19.2 Å². The number of aromatic nitrogens is 2. The highest BCUT2D eigenvalue weighted by Gasteiger charge is 2.25. The number of carbonyl (C=O) groups is 1. The maximum Gasteiger partial charge on any atom is 0.265 e. The first-order valence-corrected chi connectivity index (χ1v) is 11.5. The van der Waals surface area contributed by atoms with Gasteiger partial charge in [0, 0.05) is 38.9 Å². The van der Waals surface area contributed by atoms with E-state index in [0.29, 0.717) is 6.04 Å². The van der Waals surface area contributed by atoms with Crippen LogP contribution in [0.2, 0.25) is 0 Å². The van der Waals surface area contributed by atoms with Crippen molar-refractivity contribution in [3.05, 3.63) is 34.8 Å². The fourth-order valence-corrected chi connectivity index (χ4v) is 5.56. The molecule has 2 fully saturated rings. The lowest BCUT2D eigenvalue weighted by Gasteiger charge is -2.30. The number of thiazole rings is 1. The predicted octanol–water partition coefficient (Wildman–Crippen LogP) is 4.63. The van der Waals surface area contributed by atoms with Crippen molar-refractivity contribution in [2.24, 2.45) is 0 Å². The van der Waals surface area contributed by atoms with Crippen LogP contribution in [0.3, 0.4) is 0 Å². The van der Waals surface area contributed by atoms with E-state index < -0.39 is 0 Å². The number of amides is 1. The Labute approximate surface area is 199 Å². The van der Waals surface area contributed by atoms with Crippen LogP contribution in [0.15, 0.2) is 24.4 Å². The average Bonchev–Trinajstić information content (AvgIpc) is 3.32. The Morgan fingerprint density at radius 2 is 1.94 bits per heavy atom. The Balaban J connectivity index is 0.00000136. The van der Waals surface area contributed by atoms with E-state index in [1.807, 2.05) is 18.1 Å². The molecule has 1 aliphatic heterocycles. The van der Waals surface area contributed by atoms with Gasteiger partial charge in [-0.25, -0.2) is 4.98 Å². The number of ether oxygens (including phenoxy) is 1. The van der Waals surface area contributed by atoms with Crippen molar-refractivity contribution >= 4 is 58.1 Å². The molecule has 0 unspecified atom stereocenters. The molecule has 3 aromatic rings. The Morgan fingerprint density at radius 3 is 2.68 bits per heavy atom. The number of fused-ring (bicyclic) bond motifs is 3. The molecule has 1 aliphatic carbocycles. The molecule has 0 bridgehead atoms. The zero-order chi connectivity index (χ0) is 19.8. The summed E-state index contributed by atoms with van der Waals surface area (Å²) in [6.45, 7) is 4.52. The zero-order valence-electron chi connectivity index (χ0n) is 17.8. The molecule has 1 saturated carbocycles. The van der Waals surface area contributed by atoms with Gasteiger partial charge in [0.15, 0.2) is 4.96 Å². The van der Waals surface area contributed by atoms with E-state index in [1.165, 1.54) is 36.2 Å². The van der Waals surface area contributed by atoms with Crippen molar-refractivity contribution in [2.45, 2.75) is 44.7 Å². The summed E-state index contributed by atoms with van der Waals surface area (Å²) >= 11 is 1.50. The SMILES string of the molecule is CN(C(=O)c1cn2c(nc3cc(CN4CCOCC4)ccc32)s1)C1CCCCC1.Cl.Cl. The maximum absolute atomic E-state index is 13.0. The lowest BCUT2D eigenvalue weighted by Crippen LogP contribution is -2.37. The third-order valence-corrected chi connectivity index (χ3v) is 7.30. The molecule has 0 radical (unpaired) electrons. The molecule has 1 amide bonds. The van der Waals surface area contributed by atoms with Gasteiger partial charge in [-0.05, 0) is 30.5 Å². The number of halogens is 2. The van der Waals surface area contributed by atoms with Crippen LogP contribution in [0, 0.1) is 0 Å². The average molecular weight is 485 g/mol. The number of rotatable bonds is 4. The van der Waals surface area contributed by atoms with Crippen LogP contribution in [0.4, 0.5) is 0 Å². The largest absolute Gasteiger partial charge is 0.379 e.